The zero-order valence-electron chi connectivity index (χ0n) is 15.5. The molecule has 5 nitrogen and oxygen atoms in total. The molecule has 0 spiro atoms. The van der Waals surface area contributed by atoms with Gasteiger partial charge in [0.05, 0.1) is 22.7 Å². The number of benzene rings is 1. The first-order valence-electron chi connectivity index (χ1n) is 9.17. The van der Waals surface area contributed by atoms with Crippen LogP contribution in [0.25, 0.3) is 10.9 Å². The van der Waals surface area contributed by atoms with Crippen molar-refractivity contribution in [2.45, 2.75) is 32.4 Å². The van der Waals surface area contributed by atoms with Gasteiger partial charge < -0.3 is 15.0 Å². The smallest absolute Gasteiger partial charge is 0.226 e. The summed E-state index contributed by atoms with van der Waals surface area (Å²) in [6.07, 6.45) is 2.16. The van der Waals surface area contributed by atoms with Crippen LogP contribution in [0.1, 0.15) is 23.4 Å². The van der Waals surface area contributed by atoms with Crippen LogP contribution in [0.15, 0.2) is 30.3 Å². The summed E-state index contributed by atoms with van der Waals surface area (Å²) in [5.41, 5.74) is 1.94. The fraction of sp³-hybridized carbons (Fsp3) is 0.400. The van der Waals surface area contributed by atoms with Crippen molar-refractivity contribution in [2.75, 3.05) is 25.1 Å². The van der Waals surface area contributed by atoms with E-state index in [0.717, 1.165) is 65.1 Å². The number of aromatic nitrogens is 2. The van der Waals surface area contributed by atoms with Gasteiger partial charge in [-0.1, -0.05) is 11.6 Å². The van der Waals surface area contributed by atoms with Gasteiger partial charge in [-0.2, -0.15) is 0 Å². The third-order valence-corrected chi connectivity index (χ3v) is 6.29. The monoisotopic (exact) mass is 402 g/mol. The van der Waals surface area contributed by atoms with Gasteiger partial charge in [0.1, 0.15) is 5.75 Å². The van der Waals surface area contributed by atoms with E-state index in [9.17, 15) is 0 Å². The number of nitrogens with one attached hydrogen (secondary N) is 1. The number of anilines is 1. The maximum atomic E-state index is 6.00. The summed E-state index contributed by atoms with van der Waals surface area (Å²) in [6.45, 7) is 4.84. The highest BCUT2D eigenvalue weighted by Gasteiger charge is 2.21. The summed E-state index contributed by atoms with van der Waals surface area (Å²) >= 11 is 7.65. The number of nitrogens with zero attached hydrogens (tertiary/aromatic N) is 3. The number of rotatable bonds is 5. The molecule has 0 amide bonds. The quantitative estimate of drug-likeness (QED) is 0.684. The van der Waals surface area contributed by atoms with Crippen LogP contribution in [0, 0.1) is 6.92 Å². The van der Waals surface area contributed by atoms with Gasteiger partial charge in [-0.05, 0) is 44.0 Å². The second-order valence-corrected chi connectivity index (χ2v) is 8.64. The van der Waals surface area contributed by atoms with Gasteiger partial charge in [-0.3, -0.25) is 0 Å². The SMILES string of the molecule is COc1ccc2c(C)nc(N3CCC(NCc4ccc(Cl)s4)CC3)nc2c1. The summed E-state index contributed by atoms with van der Waals surface area (Å²) < 4.78 is 6.19. The van der Waals surface area contributed by atoms with Crippen LogP contribution in [-0.2, 0) is 6.54 Å². The van der Waals surface area contributed by atoms with Crippen LogP contribution >= 0.6 is 22.9 Å². The minimum Gasteiger partial charge on any atom is -0.497 e. The molecule has 4 rings (SSSR count). The van der Waals surface area contributed by atoms with Gasteiger partial charge in [0.15, 0.2) is 0 Å². The number of aryl methyl sites for hydroxylation is 1. The van der Waals surface area contributed by atoms with E-state index in [4.69, 9.17) is 26.3 Å². The lowest BCUT2D eigenvalue weighted by Gasteiger charge is -2.32. The Hall–Kier alpha value is -1.89. The fourth-order valence-corrected chi connectivity index (χ4v) is 4.53. The molecule has 1 saturated heterocycles. The van der Waals surface area contributed by atoms with Crippen LogP contribution in [0.2, 0.25) is 4.34 Å². The lowest BCUT2D eigenvalue weighted by molar-refractivity contribution is 0.412. The Morgan fingerprint density at radius 3 is 2.74 bits per heavy atom. The molecule has 1 fully saturated rings. The minimum atomic E-state index is 0.517. The molecule has 3 heterocycles. The number of hydrogen-bond acceptors (Lipinski definition) is 6. The highest BCUT2D eigenvalue weighted by molar-refractivity contribution is 7.16. The third-order valence-electron chi connectivity index (χ3n) is 5.05. The molecule has 1 aromatic carbocycles. The van der Waals surface area contributed by atoms with Crippen molar-refractivity contribution >= 4 is 39.8 Å². The summed E-state index contributed by atoms with van der Waals surface area (Å²) in [5, 5.41) is 4.72. The van der Waals surface area contributed by atoms with Gasteiger partial charge in [-0.15, -0.1) is 11.3 Å². The molecule has 0 saturated carbocycles. The average Bonchev–Trinajstić information content (AvgIpc) is 3.11. The number of hydrogen-bond donors (Lipinski definition) is 1. The minimum absolute atomic E-state index is 0.517. The largest absolute Gasteiger partial charge is 0.497 e. The fourth-order valence-electron chi connectivity index (χ4n) is 3.50. The number of halogens is 1. The Morgan fingerprint density at radius 1 is 1.22 bits per heavy atom. The Labute approximate surface area is 168 Å². The first kappa shape index (κ1) is 18.5. The van der Waals surface area contributed by atoms with Gasteiger partial charge in [-0.25, -0.2) is 9.97 Å². The molecular weight excluding hydrogens is 380 g/mol. The van der Waals surface area contributed by atoms with E-state index in [1.54, 1.807) is 18.4 Å². The second-order valence-electron chi connectivity index (χ2n) is 6.84. The molecule has 0 bridgehead atoms. The van der Waals surface area contributed by atoms with Crippen LogP contribution in [0.5, 0.6) is 5.75 Å². The van der Waals surface area contributed by atoms with E-state index < -0.39 is 0 Å². The van der Waals surface area contributed by atoms with Crippen LogP contribution in [0.3, 0.4) is 0 Å². The van der Waals surface area contributed by atoms with Crippen molar-refractivity contribution in [3.8, 4) is 5.75 Å². The highest BCUT2D eigenvalue weighted by Crippen LogP contribution is 2.25. The zero-order chi connectivity index (χ0) is 18.8. The van der Waals surface area contributed by atoms with E-state index in [-0.39, 0.29) is 0 Å². The van der Waals surface area contributed by atoms with E-state index in [2.05, 4.69) is 16.3 Å². The Bertz CT molecular complexity index is 937. The third kappa shape index (κ3) is 4.18. The number of ether oxygens (including phenoxy) is 1. The van der Waals surface area contributed by atoms with Crippen molar-refractivity contribution in [3.05, 3.63) is 45.2 Å². The van der Waals surface area contributed by atoms with Gasteiger partial charge in [0.25, 0.3) is 0 Å². The predicted molar refractivity (Wildman–Crippen MR) is 112 cm³/mol. The topological polar surface area (TPSA) is 50.3 Å². The van der Waals surface area contributed by atoms with Gasteiger partial charge in [0, 0.05) is 42.0 Å². The van der Waals surface area contributed by atoms with Crippen LogP contribution < -0.4 is 15.0 Å². The van der Waals surface area contributed by atoms with E-state index in [0.29, 0.717) is 6.04 Å². The lowest BCUT2D eigenvalue weighted by atomic mass is 10.1. The summed E-state index contributed by atoms with van der Waals surface area (Å²) in [4.78, 5) is 13.1. The molecule has 1 N–H and O–H groups in total. The molecule has 1 aliphatic heterocycles. The Balaban J connectivity index is 1.41. The van der Waals surface area contributed by atoms with E-state index >= 15 is 0 Å². The molecule has 2 aromatic heterocycles. The lowest BCUT2D eigenvalue weighted by Crippen LogP contribution is -2.42. The normalized spacial score (nSPS) is 15.4. The maximum Gasteiger partial charge on any atom is 0.226 e. The summed E-state index contributed by atoms with van der Waals surface area (Å²) in [6, 6.07) is 10.5. The van der Waals surface area contributed by atoms with E-state index in [1.165, 1.54) is 4.88 Å². The molecule has 0 unspecified atom stereocenters. The number of methoxy groups -OCH3 is 1. The second kappa shape index (κ2) is 8.00. The highest BCUT2D eigenvalue weighted by atomic mass is 35.5. The van der Waals surface area contributed by atoms with Crippen molar-refractivity contribution < 1.29 is 4.74 Å². The average molecular weight is 403 g/mol. The molecule has 1 aliphatic rings. The molecule has 0 radical (unpaired) electrons. The Kier molecular flexibility index (Phi) is 5.48. The van der Waals surface area contributed by atoms with Crippen molar-refractivity contribution in [1.29, 1.82) is 0 Å². The molecular formula is C20H23ClN4OS. The molecule has 27 heavy (non-hydrogen) atoms. The van der Waals surface area contributed by atoms with Crippen molar-refractivity contribution in [1.82, 2.24) is 15.3 Å². The molecule has 0 aliphatic carbocycles. The maximum absolute atomic E-state index is 6.00. The zero-order valence-corrected chi connectivity index (χ0v) is 17.1. The van der Waals surface area contributed by atoms with Crippen LogP contribution in [0.4, 0.5) is 5.95 Å². The number of fused-ring (bicyclic) bond motifs is 1. The van der Waals surface area contributed by atoms with Crippen molar-refractivity contribution in [3.63, 3.8) is 0 Å². The summed E-state index contributed by atoms with van der Waals surface area (Å²) in [5.74, 6) is 1.64. The first-order chi connectivity index (χ1) is 13.1. The molecule has 7 heteroatoms. The van der Waals surface area contributed by atoms with E-state index in [1.807, 2.05) is 31.2 Å². The molecule has 0 atom stereocenters. The Morgan fingerprint density at radius 2 is 2.04 bits per heavy atom. The number of thiophene rings is 1. The predicted octanol–water partition coefficient (Wildman–Crippen LogP) is 4.42. The van der Waals surface area contributed by atoms with Gasteiger partial charge in [0.2, 0.25) is 5.95 Å². The first-order valence-corrected chi connectivity index (χ1v) is 10.4. The van der Waals surface area contributed by atoms with Gasteiger partial charge >= 0.3 is 0 Å². The molecule has 142 valence electrons. The standard InChI is InChI=1S/C20H23ClN4OS/c1-13-17-5-3-15(26-2)11-18(17)24-20(23-13)25-9-7-14(8-10-25)22-12-16-4-6-19(21)27-16/h3-6,11,14,22H,7-10,12H2,1-2H3. The van der Waals surface area contributed by atoms with Crippen LogP contribution in [-0.4, -0.2) is 36.2 Å². The summed E-state index contributed by atoms with van der Waals surface area (Å²) in [7, 11) is 1.68. The number of piperidine rings is 1. The molecule has 3 aromatic rings. The van der Waals surface area contributed by atoms with Crippen molar-refractivity contribution in [2.24, 2.45) is 0 Å².